The Labute approximate surface area is 206 Å². The van der Waals surface area contributed by atoms with Gasteiger partial charge in [0.15, 0.2) is 11.9 Å². The molecule has 3 aromatic rings. The van der Waals surface area contributed by atoms with Crippen molar-refractivity contribution >= 4 is 23.6 Å². The van der Waals surface area contributed by atoms with Crippen LogP contribution in [0.2, 0.25) is 0 Å². The van der Waals surface area contributed by atoms with Gasteiger partial charge < -0.3 is 24.4 Å². The maximum atomic E-state index is 12.9. The van der Waals surface area contributed by atoms with Crippen molar-refractivity contribution in [2.45, 2.75) is 25.9 Å². The van der Waals surface area contributed by atoms with E-state index >= 15 is 0 Å². The number of aryl methyl sites for hydroxylation is 1. The molecule has 36 heavy (non-hydrogen) atoms. The standard InChI is InChI=1S/C25H23N5O6/c1-15-12-28-22(14-26-15)29-23(31)16-9-18(11-19(10-16)36-21-5-8-34-25(21)33)35-17-3-4-20(27-13-17)24(32)30-6-2-7-30/h3-4,9-14,21H,2,5-8H2,1H3,(H,28,29,31). The highest BCUT2D eigenvalue weighted by Crippen LogP contribution is 2.29. The quantitative estimate of drug-likeness (QED) is 0.497. The molecule has 11 heteroatoms. The fourth-order valence-electron chi connectivity index (χ4n) is 3.61. The predicted octanol–water partition coefficient (Wildman–Crippen LogP) is 2.76. The number of hydrogen-bond acceptors (Lipinski definition) is 9. The van der Waals surface area contributed by atoms with Gasteiger partial charge in [-0.25, -0.2) is 14.8 Å². The first-order valence-corrected chi connectivity index (χ1v) is 11.5. The highest BCUT2D eigenvalue weighted by molar-refractivity contribution is 6.04. The van der Waals surface area contributed by atoms with Gasteiger partial charge in [0.05, 0.1) is 30.9 Å². The largest absolute Gasteiger partial charge is 0.478 e. The SMILES string of the molecule is Cc1cnc(NC(=O)c2cc(Oc3ccc(C(=O)N4CCC4)nc3)cc(OC3CCOC3=O)c2)cn1. The number of rotatable bonds is 7. The second-order valence-electron chi connectivity index (χ2n) is 8.38. The van der Waals surface area contributed by atoms with Crippen LogP contribution in [0.25, 0.3) is 0 Å². The molecule has 184 valence electrons. The number of benzene rings is 1. The minimum atomic E-state index is -0.771. The Kier molecular flexibility index (Phi) is 6.44. The van der Waals surface area contributed by atoms with Gasteiger partial charge in [-0.3, -0.25) is 14.6 Å². The van der Waals surface area contributed by atoms with Crippen LogP contribution in [0.4, 0.5) is 5.82 Å². The third-order valence-corrected chi connectivity index (χ3v) is 5.66. The summed E-state index contributed by atoms with van der Waals surface area (Å²) < 4.78 is 16.7. The molecule has 4 heterocycles. The van der Waals surface area contributed by atoms with Crippen molar-refractivity contribution in [3.8, 4) is 17.2 Å². The van der Waals surface area contributed by atoms with Crippen molar-refractivity contribution in [2.75, 3.05) is 25.0 Å². The number of aromatic nitrogens is 3. The molecule has 1 atom stereocenters. The molecular formula is C25H23N5O6. The number of esters is 1. The van der Waals surface area contributed by atoms with Crippen LogP contribution < -0.4 is 14.8 Å². The van der Waals surface area contributed by atoms with Crippen molar-refractivity contribution < 1.29 is 28.6 Å². The summed E-state index contributed by atoms with van der Waals surface area (Å²) in [7, 11) is 0. The van der Waals surface area contributed by atoms with Crippen LogP contribution in [0.3, 0.4) is 0 Å². The Bertz CT molecular complexity index is 1290. The number of ether oxygens (including phenoxy) is 3. The summed E-state index contributed by atoms with van der Waals surface area (Å²) in [4.78, 5) is 51.4. The van der Waals surface area contributed by atoms with E-state index in [1.807, 2.05) is 0 Å². The zero-order valence-corrected chi connectivity index (χ0v) is 19.5. The number of cyclic esters (lactones) is 1. The first-order valence-electron chi connectivity index (χ1n) is 11.5. The van der Waals surface area contributed by atoms with Crippen molar-refractivity contribution in [1.29, 1.82) is 0 Å². The van der Waals surface area contributed by atoms with Crippen LogP contribution in [0.1, 0.15) is 39.4 Å². The molecule has 1 aromatic carbocycles. The molecule has 1 N–H and O–H groups in total. The lowest BCUT2D eigenvalue weighted by molar-refractivity contribution is -0.143. The molecule has 2 aromatic heterocycles. The maximum absolute atomic E-state index is 12.9. The topological polar surface area (TPSA) is 133 Å². The number of amides is 2. The van der Waals surface area contributed by atoms with E-state index in [0.29, 0.717) is 23.6 Å². The molecule has 0 aliphatic carbocycles. The Morgan fingerprint density at radius 2 is 1.86 bits per heavy atom. The van der Waals surface area contributed by atoms with Gasteiger partial charge in [-0.2, -0.15) is 0 Å². The van der Waals surface area contributed by atoms with Crippen LogP contribution in [-0.4, -0.2) is 63.4 Å². The van der Waals surface area contributed by atoms with E-state index in [-0.39, 0.29) is 35.4 Å². The molecular weight excluding hydrogens is 466 g/mol. The van der Waals surface area contributed by atoms with Gasteiger partial charge in [0, 0.05) is 31.1 Å². The number of anilines is 1. The number of pyridine rings is 1. The lowest BCUT2D eigenvalue weighted by atomic mass is 10.1. The van der Waals surface area contributed by atoms with E-state index < -0.39 is 18.0 Å². The summed E-state index contributed by atoms with van der Waals surface area (Å²) in [6, 6.07) is 7.81. The summed E-state index contributed by atoms with van der Waals surface area (Å²) in [5.41, 5.74) is 1.26. The van der Waals surface area contributed by atoms with E-state index in [4.69, 9.17) is 14.2 Å². The van der Waals surface area contributed by atoms with Crippen molar-refractivity contribution in [1.82, 2.24) is 19.9 Å². The minimum absolute atomic E-state index is 0.121. The second-order valence-corrected chi connectivity index (χ2v) is 8.38. The summed E-state index contributed by atoms with van der Waals surface area (Å²) in [5, 5.41) is 2.68. The van der Waals surface area contributed by atoms with Gasteiger partial charge >= 0.3 is 5.97 Å². The minimum Gasteiger partial charge on any atom is -0.478 e. The summed E-state index contributed by atoms with van der Waals surface area (Å²) in [6.45, 7) is 3.53. The summed E-state index contributed by atoms with van der Waals surface area (Å²) >= 11 is 0. The number of likely N-dealkylation sites (tertiary alicyclic amines) is 1. The van der Waals surface area contributed by atoms with E-state index in [1.165, 1.54) is 24.5 Å². The fourth-order valence-corrected chi connectivity index (χ4v) is 3.61. The molecule has 2 saturated heterocycles. The van der Waals surface area contributed by atoms with Gasteiger partial charge in [0.2, 0.25) is 0 Å². The van der Waals surface area contributed by atoms with Crippen LogP contribution in [-0.2, 0) is 9.53 Å². The summed E-state index contributed by atoms with van der Waals surface area (Å²) in [5.74, 6) is 0.134. The second kappa shape index (κ2) is 9.98. The molecule has 5 rings (SSSR count). The number of nitrogens with one attached hydrogen (secondary N) is 1. The number of hydrogen-bond donors (Lipinski definition) is 1. The zero-order chi connectivity index (χ0) is 25.1. The molecule has 0 radical (unpaired) electrons. The number of carbonyl (C=O) groups is 3. The van der Waals surface area contributed by atoms with E-state index in [9.17, 15) is 14.4 Å². The van der Waals surface area contributed by atoms with E-state index in [0.717, 1.165) is 19.5 Å². The highest BCUT2D eigenvalue weighted by Gasteiger charge is 2.29. The first-order chi connectivity index (χ1) is 17.4. The average molecular weight is 489 g/mol. The lowest BCUT2D eigenvalue weighted by Crippen LogP contribution is -2.42. The van der Waals surface area contributed by atoms with Gasteiger partial charge in [-0.15, -0.1) is 0 Å². The van der Waals surface area contributed by atoms with Gasteiger partial charge in [-0.05, 0) is 37.6 Å². The molecule has 0 bridgehead atoms. The molecule has 11 nitrogen and oxygen atoms in total. The predicted molar refractivity (Wildman–Crippen MR) is 126 cm³/mol. The van der Waals surface area contributed by atoms with E-state index in [2.05, 4.69) is 20.3 Å². The molecule has 0 spiro atoms. The molecule has 1 unspecified atom stereocenters. The third-order valence-electron chi connectivity index (χ3n) is 5.66. The third kappa shape index (κ3) is 5.24. The monoisotopic (exact) mass is 489 g/mol. The first kappa shape index (κ1) is 23.2. The highest BCUT2D eigenvalue weighted by atomic mass is 16.6. The molecule has 2 amide bonds. The van der Waals surface area contributed by atoms with Crippen LogP contribution in [0.5, 0.6) is 17.2 Å². The molecule has 2 aliphatic heterocycles. The van der Waals surface area contributed by atoms with Gasteiger partial charge in [0.25, 0.3) is 11.8 Å². The van der Waals surface area contributed by atoms with Crippen LogP contribution in [0.15, 0.2) is 48.9 Å². The zero-order valence-electron chi connectivity index (χ0n) is 19.5. The lowest BCUT2D eigenvalue weighted by Gasteiger charge is -2.30. The molecule has 0 saturated carbocycles. The Hall–Kier alpha value is -4.54. The van der Waals surface area contributed by atoms with Crippen LogP contribution >= 0.6 is 0 Å². The van der Waals surface area contributed by atoms with Crippen molar-refractivity contribution in [2.24, 2.45) is 0 Å². The van der Waals surface area contributed by atoms with Crippen LogP contribution in [0, 0.1) is 6.92 Å². The smallest absolute Gasteiger partial charge is 0.347 e. The number of nitrogens with zero attached hydrogens (tertiary/aromatic N) is 4. The Balaban J connectivity index is 1.37. The Morgan fingerprint density at radius 3 is 2.50 bits per heavy atom. The molecule has 2 fully saturated rings. The number of carbonyl (C=O) groups excluding carboxylic acids is 3. The Morgan fingerprint density at radius 1 is 1.03 bits per heavy atom. The summed E-state index contributed by atoms with van der Waals surface area (Å²) in [6.07, 6.45) is 5.06. The normalized spacial score (nSPS) is 16.6. The average Bonchev–Trinajstić information content (AvgIpc) is 3.24. The van der Waals surface area contributed by atoms with Gasteiger partial charge in [0.1, 0.15) is 22.9 Å². The molecule has 2 aliphatic rings. The van der Waals surface area contributed by atoms with Crippen molar-refractivity contribution in [3.05, 3.63) is 65.9 Å². The maximum Gasteiger partial charge on any atom is 0.347 e. The van der Waals surface area contributed by atoms with Crippen molar-refractivity contribution in [3.63, 3.8) is 0 Å². The van der Waals surface area contributed by atoms with Gasteiger partial charge in [-0.1, -0.05) is 0 Å². The fraction of sp³-hybridized carbons (Fsp3) is 0.280. The van der Waals surface area contributed by atoms with E-state index in [1.54, 1.807) is 36.2 Å².